The quantitative estimate of drug-likeness (QED) is 0.183. The lowest BCUT2D eigenvalue weighted by Gasteiger charge is -2.34. The molecule has 0 aromatic carbocycles. The summed E-state index contributed by atoms with van der Waals surface area (Å²) in [5.74, 6) is -0.566. The smallest absolute Gasteiger partial charge is 0.220 e. The molecule has 9 heteroatoms. The van der Waals surface area contributed by atoms with Gasteiger partial charge in [-0.15, -0.1) is 0 Å². The molecule has 0 radical (unpaired) electrons. The fourth-order valence-corrected chi connectivity index (χ4v) is 2.44. The number of aliphatic hydroxyl groups excluding tert-OH is 1. The highest BCUT2D eigenvalue weighted by Gasteiger charge is 2.15. The molecule has 0 unspecified atom stereocenters. The van der Waals surface area contributed by atoms with Gasteiger partial charge < -0.3 is 24.1 Å². The molecule has 0 aromatic heterocycles. The molecule has 0 amide bonds. The van der Waals surface area contributed by atoms with Crippen LogP contribution in [0.2, 0.25) is 0 Å². The summed E-state index contributed by atoms with van der Waals surface area (Å²) in [6.07, 6.45) is 0.252. The molecule has 0 aliphatic carbocycles. The average Bonchev–Trinajstić information content (AvgIpc) is 2.67. The average molecular weight is 376 g/mol. The van der Waals surface area contributed by atoms with Crippen LogP contribution in [0, 0.1) is 0 Å². The van der Waals surface area contributed by atoms with Crippen molar-refractivity contribution in [2.75, 3.05) is 98.7 Å². The number of rotatable bonds is 17. The van der Waals surface area contributed by atoms with E-state index in [1.54, 1.807) is 0 Å². The van der Waals surface area contributed by atoms with E-state index >= 15 is 0 Å². The van der Waals surface area contributed by atoms with Crippen LogP contribution < -0.4 is 0 Å². The van der Waals surface area contributed by atoms with Gasteiger partial charge in [0.05, 0.1) is 52.9 Å². The lowest BCUT2D eigenvalue weighted by Crippen LogP contribution is -2.48. The van der Waals surface area contributed by atoms with Gasteiger partial charge in [-0.25, -0.2) is 0 Å². The summed E-state index contributed by atoms with van der Waals surface area (Å²) in [7, 11) is 0. The summed E-state index contributed by atoms with van der Waals surface area (Å²) in [6, 6.07) is 0. The lowest BCUT2D eigenvalue weighted by atomic mass is 10.3. The van der Waals surface area contributed by atoms with E-state index in [2.05, 4.69) is 9.80 Å². The number of carbonyl (C=O) groups excluding carboxylic acids is 2. The molecule has 1 rings (SSSR count). The standard InChI is InChI=1S/C17H32N2O7/c20-7-10-23-8-5-18-1-3-19(4-2-18)6-9-24-11-12-25-13-14-26-16-17(22)15-21/h15,20H,1-14,16H2. The highest BCUT2D eigenvalue weighted by atomic mass is 16.5. The fourth-order valence-electron chi connectivity index (χ4n) is 2.44. The summed E-state index contributed by atoms with van der Waals surface area (Å²) in [4.78, 5) is 25.5. The van der Waals surface area contributed by atoms with E-state index in [1.807, 2.05) is 0 Å². The Kier molecular flexibility index (Phi) is 14.4. The fraction of sp³-hybridized carbons (Fsp3) is 0.882. The van der Waals surface area contributed by atoms with Crippen LogP contribution in [0.4, 0.5) is 0 Å². The van der Waals surface area contributed by atoms with Crippen molar-refractivity contribution in [1.82, 2.24) is 9.80 Å². The van der Waals surface area contributed by atoms with Crippen molar-refractivity contribution in [3.63, 3.8) is 0 Å². The molecule has 0 atom stereocenters. The number of nitrogens with zero attached hydrogens (tertiary/aromatic N) is 2. The maximum absolute atomic E-state index is 10.7. The minimum absolute atomic E-state index is 0.0784. The maximum atomic E-state index is 10.7. The van der Waals surface area contributed by atoms with Crippen LogP contribution in [0.3, 0.4) is 0 Å². The summed E-state index contributed by atoms with van der Waals surface area (Å²) >= 11 is 0. The number of ether oxygens (including phenoxy) is 4. The van der Waals surface area contributed by atoms with Gasteiger partial charge in [0.15, 0.2) is 6.29 Å². The third-order valence-electron chi connectivity index (χ3n) is 3.92. The number of aldehydes is 1. The molecule has 1 aliphatic heterocycles. The van der Waals surface area contributed by atoms with Gasteiger partial charge >= 0.3 is 0 Å². The van der Waals surface area contributed by atoms with Gasteiger partial charge in [-0.1, -0.05) is 0 Å². The number of piperazine rings is 1. The van der Waals surface area contributed by atoms with Crippen LogP contribution in [0.1, 0.15) is 0 Å². The number of carbonyl (C=O) groups is 2. The summed E-state index contributed by atoms with van der Waals surface area (Å²) in [5.41, 5.74) is 0. The van der Waals surface area contributed by atoms with Gasteiger partial charge in [-0.05, 0) is 0 Å². The number of ketones is 1. The second kappa shape index (κ2) is 16.2. The number of aliphatic hydroxyl groups is 1. The maximum Gasteiger partial charge on any atom is 0.220 e. The summed E-state index contributed by atoms with van der Waals surface area (Å²) in [6.45, 7) is 9.23. The van der Waals surface area contributed by atoms with Crippen molar-refractivity contribution in [2.24, 2.45) is 0 Å². The second-order valence-electron chi connectivity index (χ2n) is 5.88. The summed E-state index contributed by atoms with van der Waals surface area (Å²) < 4.78 is 21.1. The highest BCUT2D eigenvalue weighted by Crippen LogP contribution is 2.01. The Morgan fingerprint density at radius 2 is 1.23 bits per heavy atom. The largest absolute Gasteiger partial charge is 0.394 e. The molecule has 1 aliphatic rings. The van der Waals surface area contributed by atoms with Crippen molar-refractivity contribution in [3.05, 3.63) is 0 Å². The van der Waals surface area contributed by atoms with Crippen molar-refractivity contribution < 1.29 is 33.6 Å². The molecule has 0 spiro atoms. The van der Waals surface area contributed by atoms with Crippen molar-refractivity contribution in [3.8, 4) is 0 Å². The van der Waals surface area contributed by atoms with Gasteiger partial charge in [0.2, 0.25) is 5.78 Å². The first-order valence-electron chi connectivity index (χ1n) is 9.11. The zero-order valence-electron chi connectivity index (χ0n) is 15.5. The number of hydrogen-bond acceptors (Lipinski definition) is 9. The van der Waals surface area contributed by atoms with Crippen LogP contribution in [0.5, 0.6) is 0 Å². The molecular weight excluding hydrogens is 344 g/mol. The van der Waals surface area contributed by atoms with E-state index in [0.29, 0.717) is 39.6 Å². The van der Waals surface area contributed by atoms with Gasteiger partial charge in [-0.2, -0.15) is 0 Å². The zero-order valence-corrected chi connectivity index (χ0v) is 15.5. The monoisotopic (exact) mass is 376 g/mol. The van der Waals surface area contributed by atoms with E-state index in [-0.39, 0.29) is 26.1 Å². The molecule has 1 heterocycles. The SMILES string of the molecule is O=CC(=O)COCCOCCOCCN1CCN(CCOCCO)CC1. The molecule has 1 saturated heterocycles. The minimum Gasteiger partial charge on any atom is -0.394 e. The van der Waals surface area contributed by atoms with Crippen molar-refractivity contribution >= 4 is 12.1 Å². The minimum atomic E-state index is -0.566. The molecule has 0 aromatic rings. The Balaban J connectivity index is 1.83. The zero-order chi connectivity index (χ0) is 18.9. The van der Waals surface area contributed by atoms with E-state index in [4.69, 9.17) is 24.1 Å². The Bertz CT molecular complexity index is 363. The van der Waals surface area contributed by atoms with Crippen molar-refractivity contribution in [1.29, 1.82) is 0 Å². The van der Waals surface area contributed by atoms with E-state index in [0.717, 1.165) is 39.3 Å². The van der Waals surface area contributed by atoms with Crippen LogP contribution in [0.15, 0.2) is 0 Å². The van der Waals surface area contributed by atoms with Crippen LogP contribution in [0.25, 0.3) is 0 Å². The Labute approximate surface area is 155 Å². The van der Waals surface area contributed by atoms with Gasteiger partial charge in [0, 0.05) is 39.3 Å². The van der Waals surface area contributed by atoms with Gasteiger partial charge in [0.25, 0.3) is 0 Å². The topological polar surface area (TPSA) is 97.8 Å². The first-order chi connectivity index (χ1) is 12.8. The lowest BCUT2D eigenvalue weighted by molar-refractivity contribution is -0.133. The Morgan fingerprint density at radius 3 is 1.73 bits per heavy atom. The Hall–Kier alpha value is -0.940. The molecule has 152 valence electrons. The van der Waals surface area contributed by atoms with Crippen LogP contribution in [-0.2, 0) is 28.5 Å². The van der Waals surface area contributed by atoms with E-state index < -0.39 is 5.78 Å². The molecule has 1 N–H and O–H groups in total. The second-order valence-corrected chi connectivity index (χ2v) is 5.88. The first-order valence-corrected chi connectivity index (χ1v) is 9.11. The first kappa shape index (κ1) is 23.1. The molecule has 26 heavy (non-hydrogen) atoms. The third kappa shape index (κ3) is 12.4. The van der Waals surface area contributed by atoms with Gasteiger partial charge in [0.1, 0.15) is 6.61 Å². The van der Waals surface area contributed by atoms with Crippen LogP contribution in [-0.4, -0.2) is 126 Å². The van der Waals surface area contributed by atoms with Gasteiger partial charge in [-0.3, -0.25) is 19.4 Å². The number of hydrogen-bond donors (Lipinski definition) is 1. The van der Waals surface area contributed by atoms with Crippen molar-refractivity contribution in [2.45, 2.75) is 0 Å². The number of Topliss-reactive ketones (excluding diaryl/α,β-unsaturated/α-hetero) is 1. The summed E-state index contributed by atoms with van der Waals surface area (Å²) in [5, 5.41) is 8.66. The molecule has 0 saturated carbocycles. The van der Waals surface area contributed by atoms with Crippen LogP contribution >= 0.6 is 0 Å². The molecular formula is C17H32N2O7. The third-order valence-corrected chi connectivity index (χ3v) is 3.92. The van der Waals surface area contributed by atoms with E-state index in [1.165, 1.54) is 0 Å². The highest BCUT2D eigenvalue weighted by molar-refractivity contribution is 6.25. The Morgan fingerprint density at radius 1 is 0.769 bits per heavy atom. The van der Waals surface area contributed by atoms with E-state index in [9.17, 15) is 9.59 Å². The molecule has 0 bridgehead atoms. The predicted molar refractivity (Wildman–Crippen MR) is 94.3 cm³/mol. The molecule has 9 nitrogen and oxygen atoms in total. The predicted octanol–water partition coefficient (Wildman–Crippen LogP) is -1.57. The normalized spacial score (nSPS) is 16.0. The molecule has 1 fully saturated rings.